The van der Waals surface area contributed by atoms with Gasteiger partial charge in [-0.05, 0) is 57.5 Å². The van der Waals surface area contributed by atoms with Crippen LogP contribution in [0, 0.1) is 0 Å². The van der Waals surface area contributed by atoms with Crippen molar-refractivity contribution in [3.8, 4) is 5.75 Å². The summed E-state index contributed by atoms with van der Waals surface area (Å²) < 4.78 is 5.86. The van der Waals surface area contributed by atoms with Crippen LogP contribution in [0.25, 0.3) is 5.57 Å². The molecule has 4 heterocycles. The third kappa shape index (κ3) is 7.06. The number of hydroxylamine groups is 1. The zero-order valence-electron chi connectivity index (χ0n) is 26.3. The Balaban J connectivity index is 1.21. The molecular weight excluding hydrogens is 568 g/mol. The number of methoxy groups -OCH3 is 1. The smallest absolute Gasteiger partial charge is 0.248 e. The summed E-state index contributed by atoms with van der Waals surface area (Å²) in [6, 6.07) is 16.9. The molecule has 11 nitrogen and oxygen atoms in total. The number of carbonyl (C=O) groups excluding carboxylic acids is 1. The van der Waals surface area contributed by atoms with Gasteiger partial charge in [0.15, 0.2) is 5.82 Å². The van der Waals surface area contributed by atoms with Crippen LogP contribution in [0.5, 0.6) is 5.75 Å². The quantitative estimate of drug-likeness (QED) is 0.329. The monoisotopic (exact) mass is 612 g/mol. The number of primary amides is 1. The summed E-state index contributed by atoms with van der Waals surface area (Å²) in [5, 5.41) is 5.27. The number of carbonyl (C=O) groups is 1. The highest BCUT2D eigenvalue weighted by atomic mass is 16.7. The van der Waals surface area contributed by atoms with E-state index in [1.54, 1.807) is 7.11 Å². The van der Waals surface area contributed by atoms with Crippen LogP contribution in [0.4, 0.5) is 23.0 Å². The van der Waals surface area contributed by atoms with Gasteiger partial charge in [-0.15, -0.1) is 0 Å². The van der Waals surface area contributed by atoms with Crippen LogP contribution in [0.15, 0.2) is 61.4 Å². The normalized spacial score (nSPS) is 19.9. The number of nitrogens with two attached hydrogens (primary N) is 1. The largest absolute Gasteiger partial charge is 0.494 e. The number of hydrogen-bond donors (Lipinski definition) is 2. The fourth-order valence-electron chi connectivity index (χ4n) is 6.67. The molecule has 0 aliphatic carbocycles. The molecule has 1 aromatic heterocycles. The summed E-state index contributed by atoms with van der Waals surface area (Å²) in [5.41, 5.74) is 9.49. The van der Waals surface area contributed by atoms with Gasteiger partial charge in [0, 0.05) is 61.2 Å². The predicted octanol–water partition coefficient (Wildman–Crippen LogP) is 3.70. The van der Waals surface area contributed by atoms with Gasteiger partial charge in [0.05, 0.1) is 25.4 Å². The van der Waals surface area contributed by atoms with Crippen LogP contribution in [0.1, 0.15) is 30.4 Å². The Morgan fingerprint density at radius 1 is 1.04 bits per heavy atom. The number of anilines is 4. The first-order valence-corrected chi connectivity index (χ1v) is 15.8. The number of piperidine rings is 1. The Kier molecular flexibility index (Phi) is 9.48. The fourth-order valence-corrected chi connectivity index (χ4v) is 6.67. The summed E-state index contributed by atoms with van der Waals surface area (Å²) in [6.45, 7) is 10.6. The molecule has 3 N–H and O–H groups in total. The van der Waals surface area contributed by atoms with Gasteiger partial charge in [0.2, 0.25) is 5.91 Å². The van der Waals surface area contributed by atoms with E-state index >= 15 is 0 Å². The number of ether oxygens (including phenoxy) is 1. The Hall–Kier alpha value is -4.19. The number of likely N-dealkylation sites (tertiary alicyclic amines) is 1. The van der Waals surface area contributed by atoms with Crippen LogP contribution < -0.4 is 25.8 Å². The van der Waals surface area contributed by atoms with Crippen LogP contribution in [0.3, 0.4) is 0 Å². The fraction of sp³-hybridized carbons (Fsp3) is 0.441. The summed E-state index contributed by atoms with van der Waals surface area (Å²) in [5.74, 6) is 1.31. The van der Waals surface area contributed by atoms with Gasteiger partial charge < -0.3 is 25.6 Å². The Labute approximate surface area is 265 Å². The maximum absolute atomic E-state index is 12.4. The van der Waals surface area contributed by atoms with Gasteiger partial charge >= 0.3 is 0 Å². The molecule has 3 saturated heterocycles. The van der Waals surface area contributed by atoms with Crippen molar-refractivity contribution in [2.24, 2.45) is 5.73 Å². The average molecular weight is 613 g/mol. The van der Waals surface area contributed by atoms with E-state index in [0.717, 1.165) is 57.8 Å². The maximum Gasteiger partial charge on any atom is 0.248 e. The van der Waals surface area contributed by atoms with E-state index in [1.807, 2.05) is 29.3 Å². The minimum atomic E-state index is -0.558. The van der Waals surface area contributed by atoms with E-state index in [-0.39, 0.29) is 11.6 Å². The first-order valence-electron chi connectivity index (χ1n) is 15.8. The van der Waals surface area contributed by atoms with Crippen molar-refractivity contribution >= 4 is 34.5 Å². The number of nitrogens with zero attached hydrogens (tertiary/aromatic N) is 6. The minimum absolute atomic E-state index is 0.161. The van der Waals surface area contributed by atoms with E-state index in [2.05, 4.69) is 67.9 Å². The highest BCUT2D eigenvalue weighted by molar-refractivity contribution is 6.19. The zero-order valence-corrected chi connectivity index (χ0v) is 26.3. The predicted molar refractivity (Wildman–Crippen MR) is 178 cm³/mol. The van der Waals surface area contributed by atoms with E-state index in [4.69, 9.17) is 15.3 Å². The number of aromatic nitrogens is 2. The zero-order chi connectivity index (χ0) is 31.3. The second-order valence-corrected chi connectivity index (χ2v) is 12.1. The second kappa shape index (κ2) is 13.8. The van der Waals surface area contributed by atoms with Crippen LogP contribution in [-0.4, -0.2) is 97.8 Å². The van der Waals surface area contributed by atoms with Crippen molar-refractivity contribution in [1.29, 1.82) is 0 Å². The number of rotatable bonds is 10. The molecule has 6 rings (SSSR count). The molecule has 1 amide bonds. The summed E-state index contributed by atoms with van der Waals surface area (Å²) in [6.07, 6.45) is 5.69. The second-order valence-electron chi connectivity index (χ2n) is 12.1. The molecule has 3 aromatic rings. The number of nitrogens with one attached hydrogen (secondary N) is 1. The van der Waals surface area contributed by atoms with Crippen molar-refractivity contribution in [1.82, 2.24) is 19.8 Å². The molecule has 0 radical (unpaired) electrons. The Bertz CT molecular complexity index is 1490. The molecule has 45 heavy (non-hydrogen) atoms. The SMILES string of the molecule is C=C(C(N)=O)c1cc(Nc2cc(N3OCC[C@H]3Cc3ccccc3)ncn2)c(OC)cc1N1CCN(C2CCN(C)CC2)CC1. The van der Waals surface area contributed by atoms with Crippen molar-refractivity contribution in [2.45, 2.75) is 37.8 Å². The van der Waals surface area contributed by atoms with Gasteiger partial charge in [-0.3, -0.25) is 14.5 Å². The summed E-state index contributed by atoms with van der Waals surface area (Å²) in [7, 11) is 3.84. The van der Waals surface area contributed by atoms with Crippen molar-refractivity contribution < 1.29 is 14.4 Å². The third-order valence-corrected chi connectivity index (χ3v) is 9.27. The summed E-state index contributed by atoms with van der Waals surface area (Å²) in [4.78, 5) is 34.7. The lowest BCUT2D eigenvalue weighted by Gasteiger charge is -2.43. The molecule has 0 spiro atoms. The lowest BCUT2D eigenvalue weighted by Crippen LogP contribution is -2.53. The molecule has 0 bridgehead atoms. The number of amides is 1. The van der Waals surface area contributed by atoms with Crippen LogP contribution >= 0.6 is 0 Å². The van der Waals surface area contributed by atoms with E-state index in [1.165, 1.54) is 24.7 Å². The molecule has 3 fully saturated rings. The molecule has 11 heteroatoms. The Morgan fingerprint density at radius 3 is 2.51 bits per heavy atom. The van der Waals surface area contributed by atoms with Crippen molar-refractivity contribution in [2.75, 3.05) is 75.3 Å². The van der Waals surface area contributed by atoms with Crippen LogP contribution in [0.2, 0.25) is 0 Å². The number of hydrogen-bond acceptors (Lipinski definition) is 10. The third-order valence-electron chi connectivity index (χ3n) is 9.27. The molecular formula is C34H44N8O3. The number of benzene rings is 2. The van der Waals surface area contributed by atoms with Crippen LogP contribution in [-0.2, 0) is 16.1 Å². The molecule has 238 valence electrons. The van der Waals surface area contributed by atoms with Gasteiger partial charge in [0.1, 0.15) is 17.9 Å². The van der Waals surface area contributed by atoms with E-state index in [0.29, 0.717) is 41.3 Å². The van der Waals surface area contributed by atoms with Crippen molar-refractivity contribution in [3.63, 3.8) is 0 Å². The van der Waals surface area contributed by atoms with Gasteiger partial charge in [0.25, 0.3) is 0 Å². The maximum atomic E-state index is 12.4. The number of piperazine rings is 1. The molecule has 0 unspecified atom stereocenters. The highest BCUT2D eigenvalue weighted by Gasteiger charge is 2.30. The standard InChI is InChI=1S/C34H44N8O3/c1-24(34(35)43)28-20-29(31(44-3)21-30(28)41-16-14-40(15-17-41)26-9-12-39(2)13-10-26)38-32-22-33(37-23-36-32)42-27(11-18-45-42)19-25-7-5-4-6-8-25/h4-8,20-23,26-27H,1,9-19H2,2-3H3,(H2,35,43)(H,36,37,38)/t27-/m0/s1. The molecule has 0 saturated carbocycles. The Morgan fingerprint density at radius 2 is 1.80 bits per heavy atom. The van der Waals surface area contributed by atoms with Gasteiger partial charge in [-0.25, -0.2) is 15.0 Å². The molecule has 1 atom stereocenters. The molecule has 3 aliphatic heterocycles. The lowest BCUT2D eigenvalue weighted by molar-refractivity contribution is -0.112. The average Bonchev–Trinajstić information content (AvgIpc) is 3.53. The molecule has 3 aliphatic rings. The lowest BCUT2D eigenvalue weighted by atomic mass is 10.00. The highest BCUT2D eigenvalue weighted by Crippen LogP contribution is 2.39. The van der Waals surface area contributed by atoms with E-state index < -0.39 is 5.91 Å². The topological polar surface area (TPSA) is 112 Å². The van der Waals surface area contributed by atoms with Crippen molar-refractivity contribution in [3.05, 3.63) is 72.6 Å². The summed E-state index contributed by atoms with van der Waals surface area (Å²) >= 11 is 0. The molecule has 2 aromatic carbocycles. The van der Waals surface area contributed by atoms with E-state index in [9.17, 15) is 4.79 Å². The first-order chi connectivity index (χ1) is 21.9. The first kappa shape index (κ1) is 30.8. The minimum Gasteiger partial charge on any atom is -0.494 e. The van der Waals surface area contributed by atoms with Gasteiger partial charge in [-0.2, -0.15) is 0 Å². The van der Waals surface area contributed by atoms with Gasteiger partial charge in [-0.1, -0.05) is 36.9 Å².